The van der Waals surface area contributed by atoms with E-state index in [0.29, 0.717) is 0 Å². The fourth-order valence-electron chi connectivity index (χ4n) is 5.89. The lowest BCUT2D eigenvalue weighted by molar-refractivity contribution is 1.19. The van der Waals surface area contributed by atoms with E-state index in [1.807, 2.05) is 25.4 Å². The first-order valence-electron chi connectivity index (χ1n) is 13.6. The summed E-state index contributed by atoms with van der Waals surface area (Å²) < 4.78 is 2.42. The molecule has 0 atom stereocenters. The van der Waals surface area contributed by atoms with Crippen LogP contribution in [0.15, 0.2) is 140 Å². The molecule has 0 radical (unpaired) electrons. The minimum atomic E-state index is 1.11. The summed E-state index contributed by atoms with van der Waals surface area (Å²) in [5.74, 6) is 0. The zero-order valence-corrected chi connectivity index (χ0v) is 22.3. The van der Waals surface area contributed by atoms with E-state index in [1.54, 1.807) is 6.20 Å². The number of nitrogens with one attached hydrogen (secondary N) is 1. The second kappa shape index (κ2) is 9.79. The Kier molecular flexibility index (Phi) is 5.83. The number of allylic oxidation sites excluding steroid dienone is 3. The normalized spacial score (nSPS) is 12.3. The standard InChI is InChI=1S/C37H29N3/c1-2-25(17-19-38)26-7-6-8-27(21-26)28-11-14-33-30(22-28)13-16-35-34-15-12-29(31-18-20-39-24-31)23-36(34)40(37(33)35)32-9-4-3-5-10-32/h2-24,39H,38H2,1H3/b19-17-,25-2+. The van der Waals surface area contributed by atoms with Gasteiger partial charge in [0.2, 0.25) is 0 Å². The largest absolute Gasteiger partial charge is 0.405 e. The van der Waals surface area contributed by atoms with E-state index in [-0.39, 0.29) is 0 Å². The van der Waals surface area contributed by atoms with Gasteiger partial charge in [-0.1, -0.05) is 78.9 Å². The molecule has 0 aliphatic rings. The highest BCUT2D eigenvalue weighted by Crippen LogP contribution is 2.39. The molecule has 2 heterocycles. The van der Waals surface area contributed by atoms with Crippen LogP contribution in [-0.4, -0.2) is 9.55 Å². The minimum Gasteiger partial charge on any atom is -0.405 e. The molecule has 3 N–H and O–H groups in total. The molecule has 0 fully saturated rings. The molecule has 40 heavy (non-hydrogen) atoms. The molecule has 0 unspecified atom stereocenters. The summed E-state index contributed by atoms with van der Waals surface area (Å²) in [6.45, 7) is 2.04. The van der Waals surface area contributed by atoms with Gasteiger partial charge in [0.15, 0.2) is 0 Å². The molecule has 5 aromatic carbocycles. The van der Waals surface area contributed by atoms with Crippen LogP contribution < -0.4 is 5.73 Å². The summed E-state index contributed by atoms with van der Waals surface area (Å²) in [4.78, 5) is 3.19. The Morgan fingerprint density at radius 1 is 0.700 bits per heavy atom. The molecule has 7 rings (SSSR count). The lowest BCUT2D eigenvalue weighted by Gasteiger charge is -2.12. The number of benzene rings is 5. The van der Waals surface area contributed by atoms with Gasteiger partial charge in [-0.05, 0) is 94.4 Å². The van der Waals surface area contributed by atoms with E-state index in [1.165, 1.54) is 54.8 Å². The van der Waals surface area contributed by atoms with E-state index < -0.39 is 0 Å². The first-order valence-corrected chi connectivity index (χ1v) is 13.6. The van der Waals surface area contributed by atoms with Gasteiger partial charge in [0.25, 0.3) is 0 Å². The van der Waals surface area contributed by atoms with Crippen LogP contribution in [0.5, 0.6) is 0 Å². The third-order valence-corrected chi connectivity index (χ3v) is 7.81. The Balaban J connectivity index is 1.46. The van der Waals surface area contributed by atoms with Crippen molar-refractivity contribution in [2.45, 2.75) is 6.92 Å². The molecule has 2 aromatic heterocycles. The van der Waals surface area contributed by atoms with Crippen molar-refractivity contribution in [1.29, 1.82) is 0 Å². The molecule has 3 nitrogen and oxygen atoms in total. The summed E-state index contributed by atoms with van der Waals surface area (Å²) in [7, 11) is 0. The molecular formula is C37H29N3. The van der Waals surface area contributed by atoms with Crippen LogP contribution in [0.1, 0.15) is 12.5 Å². The Morgan fingerprint density at radius 3 is 2.25 bits per heavy atom. The van der Waals surface area contributed by atoms with Crippen molar-refractivity contribution in [1.82, 2.24) is 9.55 Å². The maximum absolute atomic E-state index is 5.69. The Bertz CT molecular complexity index is 2060. The molecule has 0 spiro atoms. The number of aromatic nitrogens is 2. The van der Waals surface area contributed by atoms with Crippen LogP contribution in [0, 0.1) is 0 Å². The first-order chi connectivity index (χ1) is 19.7. The number of H-pyrrole nitrogens is 1. The van der Waals surface area contributed by atoms with Crippen LogP contribution >= 0.6 is 0 Å². The van der Waals surface area contributed by atoms with Gasteiger partial charge in [-0.3, -0.25) is 0 Å². The molecule has 0 bridgehead atoms. The molecule has 3 heteroatoms. The van der Waals surface area contributed by atoms with Gasteiger partial charge in [-0.2, -0.15) is 0 Å². The van der Waals surface area contributed by atoms with E-state index in [4.69, 9.17) is 5.73 Å². The maximum atomic E-state index is 5.69. The number of aromatic amines is 1. The second-order valence-corrected chi connectivity index (χ2v) is 10.1. The van der Waals surface area contributed by atoms with E-state index >= 15 is 0 Å². The third-order valence-electron chi connectivity index (χ3n) is 7.81. The van der Waals surface area contributed by atoms with Gasteiger partial charge >= 0.3 is 0 Å². The first kappa shape index (κ1) is 23.8. The van der Waals surface area contributed by atoms with Crippen molar-refractivity contribution in [3.63, 3.8) is 0 Å². The van der Waals surface area contributed by atoms with E-state index in [0.717, 1.165) is 16.8 Å². The zero-order valence-electron chi connectivity index (χ0n) is 22.3. The number of para-hydroxylation sites is 1. The SMILES string of the molecule is C/C=C(\C=C/N)c1cccc(-c2ccc3c(ccc4c5ccc(-c6cc[nH]c6)cc5n(-c5ccccc5)c34)c2)c1. The average molecular weight is 516 g/mol. The molecule has 7 aromatic rings. The van der Waals surface area contributed by atoms with Crippen molar-refractivity contribution >= 4 is 38.2 Å². The van der Waals surface area contributed by atoms with Gasteiger partial charge in [0, 0.05) is 34.2 Å². The van der Waals surface area contributed by atoms with Gasteiger partial charge in [0.1, 0.15) is 0 Å². The smallest absolute Gasteiger partial charge is 0.0619 e. The highest BCUT2D eigenvalue weighted by molar-refractivity contribution is 6.19. The summed E-state index contributed by atoms with van der Waals surface area (Å²) in [5.41, 5.74) is 16.3. The maximum Gasteiger partial charge on any atom is 0.0619 e. The molecular weight excluding hydrogens is 486 g/mol. The monoisotopic (exact) mass is 515 g/mol. The lowest BCUT2D eigenvalue weighted by Crippen LogP contribution is -1.94. The average Bonchev–Trinajstić information content (AvgIpc) is 3.67. The molecule has 0 saturated heterocycles. The third kappa shape index (κ3) is 3.91. The molecule has 0 saturated carbocycles. The van der Waals surface area contributed by atoms with Crippen molar-refractivity contribution in [2.75, 3.05) is 0 Å². The lowest BCUT2D eigenvalue weighted by atomic mass is 9.96. The van der Waals surface area contributed by atoms with Gasteiger partial charge in [0.05, 0.1) is 11.0 Å². The van der Waals surface area contributed by atoms with Gasteiger partial charge in [-0.25, -0.2) is 0 Å². The predicted molar refractivity (Wildman–Crippen MR) is 170 cm³/mol. The van der Waals surface area contributed by atoms with Gasteiger partial charge < -0.3 is 15.3 Å². The summed E-state index contributed by atoms with van der Waals surface area (Å²) in [6.07, 6.45) is 9.65. The zero-order chi connectivity index (χ0) is 27.1. The highest BCUT2D eigenvalue weighted by atomic mass is 15.0. The molecule has 192 valence electrons. The topological polar surface area (TPSA) is 46.7 Å². The minimum absolute atomic E-state index is 1.11. The summed E-state index contributed by atoms with van der Waals surface area (Å²) in [6, 6.07) is 39.6. The van der Waals surface area contributed by atoms with E-state index in [2.05, 4.69) is 125 Å². The summed E-state index contributed by atoms with van der Waals surface area (Å²) in [5, 5.41) is 4.96. The highest BCUT2D eigenvalue weighted by Gasteiger charge is 2.16. The number of hydrogen-bond donors (Lipinski definition) is 2. The fraction of sp³-hybridized carbons (Fsp3) is 0.0270. The molecule has 0 aliphatic heterocycles. The predicted octanol–water partition coefficient (Wildman–Crippen LogP) is 9.47. The van der Waals surface area contributed by atoms with Crippen LogP contribution in [0.4, 0.5) is 0 Å². The number of nitrogens with zero attached hydrogens (tertiary/aromatic N) is 1. The Hall–Kier alpha value is -5.28. The van der Waals surface area contributed by atoms with Crippen LogP contribution in [0.2, 0.25) is 0 Å². The van der Waals surface area contributed by atoms with Crippen molar-refractivity contribution in [3.05, 3.63) is 146 Å². The van der Waals surface area contributed by atoms with Crippen molar-refractivity contribution < 1.29 is 0 Å². The van der Waals surface area contributed by atoms with Crippen LogP contribution in [-0.2, 0) is 0 Å². The van der Waals surface area contributed by atoms with Crippen molar-refractivity contribution in [3.8, 4) is 27.9 Å². The Labute approximate surface area is 233 Å². The molecule has 0 aliphatic carbocycles. The molecule has 0 amide bonds. The number of fused-ring (bicyclic) bond motifs is 5. The van der Waals surface area contributed by atoms with Crippen molar-refractivity contribution in [2.24, 2.45) is 5.73 Å². The van der Waals surface area contributed by atoms with Crippen LogP contribution in [0.3, 0.4) is 0 Å². The Morgan fingerprint density at radius 2 is 1.48 bits per heavy atom. The quantitative estimate of drug-likeness (QED) is 0.220. The number of hydrogen-bond acceptors (Lipinski definition) is 1. The number of rotatable bonds is 5. The van der Waals surface area contributed by atoms with Gasteiger partial charge in [-0.15, -0.1) is 0 Å². The van der Waals surface area contributed by atoms with Crippen LogP contribution in [0.25, 0.3) is 66.1 Å². The fourth-order valence-corrected chi connectivity index (χ4v) is 5.89. The second-order valence-electron chi connectivity index (χ2n) is 10.1. The number of nitrogens with two attached hydrogens (primary N) is 1. The summed E-state index contributed by atoms with van der Waals surface area (Å²) >= 11 is 0. The van der Waals surface area contributed by atoms with E-state index in [9.17, 15) is 0 Å².